The van der Waals surface area contributed by atoms with Crippen LogP contribution in [0.4, 0.5) is 16.5 Å². The maximum atomic E-state index is 12.7. The van der Waals surface area contributed by atoms with Gasteiger partial charge in [0.05, 0.1) is 10.9 Å². The molecule has 0 unspecified atom stereocenters. The second-order valence-corrected chi connectivity index (χ2v) is 8.40. The van der Waals surface area contributed by atoms with Gasteiger partial charge in [0.1, 0.15) is 6.09 Å². The molecular formula is C20H27N4O4-. The molecule has 1 aromatic carbocycles. The average molecular weight is 387 g/mol. The number of rotatable bonds is 3. The van der Waals surface area contributed by atoms with Crippen LogP contribution in [0.25, 0.3) is 10.9 Å². The van der Waals surface area contributed by atoms with Crippen molar-refractivity contribution in [3.05, 3.63) is 28.1 Å². The number of amides is 1. The third-order valence-corrected chi connectivity index (χ3v) is 5.17. The lowest BCUT2D eigenvalue weighted by molar-refractivity contribution is -0.247. The molecule has 1 aliphatic heterocycles. The van der Waals surface area contributed by atoms with Gasteiger partial charge >= 0.3 is 5.63 Å². The summed E-state index contributed by atoms with van der Waals surface area (Å²) in [6.45, 7) is 8.95. The van der Waals surface area contributed by atoms with Gasteiger partial charge in [-0.2, -0.15) is 4.98 Å². The lowest BCUT2D eigenvalue weighted by atomic mass is 10.0. The molecule has 2 heterocycles. The molecule has 1 fully saturated rings. The highest BCUT2D eigenvalue weighted by molar-refractivity contribution is 5.94. The molecule has 0 spiro atoms. The fourth-order valence-corrected chi connectivity index (χ4v) is 3.67. The fourth-order valence-electron chi connectivity index (χ4n) is 3.67. The maximum absolute atomic E-state index is 12.7. The van der Waals surface area contributed by atoms with E-state index in [0.29, 0.717) is 16.8 Å². The van der Waals surface area contributed by atoms with E-state index in [9.17, 15) is 14.7 Å². The summed E-state index contributed by atoms with van der Waals surface area (Å²) in [4.78, 5) is 32.2. The Morgan fingerprint density at radius 1 is 1.32 bits per heavy atom. The number of hydrogen-bond donors (Lipinski definition) is 1. The van der Waals surface area contributed by atoms with Gasteiger partial charge in [0.2, 0.25) is 0 Å². The first-order chi connectivity index (χ1) is 13.1. The number of anilines is 2. The third-order valence-electron chi connectivity index (χ3n) is 5.17. The Balaban J connectivity index is 1.99. The van der Waals surface area contributed by atoms with Crippen LogP contribution in [0.1, 0.15) is 39.2 Å². The number of piperidine rings is 1. The van der Waals surface area contributed by atoms with Gasteiger partial charge in [-0.25, -0.2) is 4.79 Å². The van der Waals surface area contributed by atoms with Crippen molar-refractivity contribution in [2.45, 2.75) is 52.1 Å². The van der Waals surface area contributed by atoms with E-state index in [2.05, 4.69) is 22.2 Å². The molecule has 0 saturated carbocycles. The number of aromatic nitrogens is 1. The minimum Gasteiger partial charge on any atom is -0.530 e. The molecule has 28 heavy (non-hydrogen) atoms. The highest BCUT2D eigenvalue weighted by Crippen LogP contribution is 2.31. The molecule has 2 aromatic rings. The number of benzene rings is 1. The van der Waals surface area contributed by atoms with Gasteiger partial charge in [-0.05, 0) is 78.4 Å². The van der Waals surface area contributed by atoms with Crippen molar-refractivity contribution in [3.8, 4) is 0 Å². The van der Waals surface area contributed by atoms with Crippen LogP contribution in [0, 0.1) is 6.92 Å². The number of carbonyl (C=O) groups excluding carboxylic acids is 1. The van der Waals surface area contributed by atoms with Crippen LogP contribution in [0.2, 0.25) is 0 Å². The van der Waals surface area contributed by atoms with E-state index in [1.54, 1.807) is 39.8 Å². The maximum Gasteiger partial charge on any atom is 0.348 e. The summed E-state index contributed by atoms with van der Waals surface area (Å²) in [6, 6.07) is 3.71. The second-order valence-electron chi connectivity index (χ2n) is 8.40. The predicted molar refractivity (Wildman–Crippen MR) is 107 cm³/mol. The number of nitrogens with one attached hydrogen (secondary N) is 1. The molecule has 0 radical (unpaired) electrons. The van der Waals surface area contributed by atoms with Crippen LogP contribution in [-0.2, 0) is 0 Å². The molecule has 1 amide bonds. The first-order valence-corrected chi connectivity index (χ1v) is 9.48. The molecule has 8 heteroatoms. The summed E-state index contributed by atoms with van der Waals surface area (Å²) in [6.07, 6.45) is 0.571. The smallest absolute Gasteiger partial charge is 0.348 e. The summed E-state index contributed by atoms with van der Waals surface area (Å²) >= 11 is 0. The minimum atomic E-state index is -1.33. The van der Waals surface area contributed by atoms with Crippen molar-refractivity contribution in [1.82, 2.24) is 9.88 Å². The zero-order valence-electron chi connectivity index (χ0n) is 17.0. The Hall–Kier alpha value is -2.61. The Bertz CT molecular complexity index is 940. The van der Waals surface area contributed by atoms with Crippen LogP contribution in [0.3, 0.4) is 0 Å². The summed E-state index contributed by atoms with van der Waals surface area (Å²) in [5.74, 6) is 0. The molecule has 1 N–H and O–H groups in total. The number of carboxylic acid groups (broad SMARTS) is 1. The van der Waals surface area contributed by atoms with Crippen LogP contribution in [0.5, 0.6) is 0 Å². The SMILES string of the molecule is Cc1c(N(C(=O)[O-])C(C)(C)C)ccc2nc(NC3CCN(C)CC3)oc(=O)c12. The Morgan fingerprint density at radius 2 is 1.96 bits per heavy atom. The topological polar surface area (TPSA) is 102 Å². The molecule has 1 aliphatic rings. The van der Waals surface area contributed by atoms with Crippen LogP contribution >= 0.6 is 0 Å². The van der Waals surface area contributed by atoms with Crippen molar-refractivity contribution in [2.24, 2.45) is 0 Å². The molecule has 0 atom stereocenters. The molecule has 1 saturated heterocycles. The molecule has 8 nitrogen and oxygen atoms in total. The van der Waals surface area contributed by atoms with Crippen LogP contribution in [0.15, 0.2) is 21.3 Å². The van der Waals surface area contributed by atoms with E-state index in [4.69, 9.17) is 4.42 Å². The second kappa shape index (κ2) is 7.43. The lowest BCUT2D eigenvalue weighted by Crippen LogP contribution is -2.52. The summed E-state index contributed by atoms with van der Waals surface area (Å²) in [5, 5.41) is 15.2. The number of hydrogen-bond acceptors (Lipinski definition) is 7. The van der Waals surface area contributed by atoms with Crippen LogP contribution < -0.4 is 20.9 Å². The van der Waals surface area contributed by atoms with Gasteiger partial charge in [0, 0.05) is 17.3 Å². The lowest BCUT2D eigenvalue weighted by Gasteiger charge is -2.38. The number of carbonyl (C=O) groups is 1. The third kappa shape index (κ3) is 3.96. The molecule has 3 rings (SSSR count). The van der Waals surface area contributed by atoms with Crippen molar-refractivity contribution < 1.29 is 14.3 Å². The number of nitrogens with zero attached hydrogens (tertiary/aromatic N) is 3. The van der Waals surface area contributed by atoms with E-state index >= 15 is 0 Å². The average Bonchev–Trinajstić information content (AvgIpc) is 2.57. The first kappa shape index (κ1) is 20.1. The number of likely N-dealkylation sites (tertiary alicyclic amines) is 1. The van der Waals surface area contributed by atoms with Crippen molar-refractivity contribution in [2.75, 3.05) is 30.4 Å². The highest BCUT2D eigenvalue weighted by atomic mass is 16.4. The quantitative estimate of drug-likeness (QED) is 0.859. The van der Waals surface area contributed by atoms with Gasteiger partial charge < -0.3 is 29.4 Å². The zero-order chi connectivity index (χ0) is 20.6. The predicted octanol–water partition coefficient (Wildman–Crippen LogP) is 1.95. The van der Waals surface area contributed by atoms with Gasteiger partial charge in [-0.1, -0.05) is 0 Å². The minimum absolute atomic E-state index is 0.201. The Kier molecular flexibility index (Phi) is 5.34. The number of aryl methyl sites for hydroxylation is 1. The van der Waals surface area contributed by atoms with E-state index in [1.807, 2.05) is 0 Å². The summed E-state index contributed by atoms with van der Waals surface area (Å²) < 4.78 is 5.41. The van der Waals surface area contributed by atoms with Gasteiger partial charge in [0.25, 0.3) is 6.01 Å². The van der Waals surface area contributed by atoms with Crippen molar-refractivity contribution >= 4 is 28.7 Å². The molecule has 0 bridgehead atoms. The Morgan fingerprint density at radius 3 is 2.54 bits per heavy atom. The van der Waals surface area contributed by atoms with Crippen molar-refractivity contribution in [3.63, 3.8) is 0 Å². The molecule has 0 aliphatic carbocycles. The monoisotopic (exact) mass is 387 g/mol. The van der Waals surface area contributed by atoms with Gasteiger partial charge in [-0.15, -0.1) is 0 Å². The highest BCUT2D eigenvalue weighted by Gasteiger charge is 2.26. The number of fused-ring (bicyclic) bond motifs is 1. The van der Waals surface area contributed by atoms with E-state index in [0.717, 1.165) is 30.8 Å². The van der Waals surface area contributed by atoms with E-state index < -0.39 is 17.3 Å². The fraction of sp³-hybridized carbons (Fsp3) is 0.550. The van der Waals surface area contributed by atoms with Gasteiger partial charge in [-0.3, -0.25) is 0 Å². The van der Waals surface area contributed by atoms with Crippen LogP contribution in [-0.4, -0.2) is 47.7 Å². The first-order valence-electron chi connectivity index (χ1n) is 9.48. The summed E-state index contributed by atoms with van der Waals surface area (Å²) in [5.41, 5.74) is 0.113. The van der Waals surface area contributed by atoms with E-state index in [1.165, 1.54) is 0 Å². The van der Waals surface area contributed by atoms with Gasteiger partial charge in [0.15, 0.2) is 0 Å². The molecule has 152 valence electrons. The zero-order valence-corrected chi connectivity index (χ0v) is 17.0. The molecular weight excluding hydrogens is 360 g/mol. The molecule has 1 aromatic heterocycles. The summed E-state index contributed by atoms with van der Waals surface area (Å²) in [7, 11) is 2.08. The normalized spacial score (nSPS) is 16.3. The van der Waals surface area contributed by atoms with E-state index in [-0.39, 0.29) is 17.4 Å². The largest absolute Gasteiger partial charge is 0.530 e. The Labute approximate surface area is 164 Å². The van der Waals surface area contributed by atoms with Crippen molar-refractivity contribution in [1.29, 1.82) is 0 Å². The standard InChI is InChI=1S/C20H28N4O4/c1-12-15(24(19(26)27)20(2,3)4)7-6-14-16(12)17(25)28-18(22-14)21-13-8-10-23(5)11-9-13/h6-7,13H,8-11H2,1-5H3,(H,21,22)(H,26,27)/p-1.